The number of amides is 1. The Morgan fingerprint density at radius 2 is 1.87 bits per heavy atom. The van der Waals surface area contributed by atoms with E-state index in [2.05, 4.69) is 15.7 Å². The number of carbonyl (C=O) groups excluding carboxylic acids is 2. The van der Waals surface area contributed by atoms with Crippen LogP contribution in [0, 0.1) is 6.92 Å². The van der Waals surface area contributed by atoms with Crippen LogP contribution < -0.4 is 10.6 Å². The average molecular weight is 398 g/mol. The molecule has 6 nitrogen and oxygen atoms in total. The minimum atomic E-state index is -0.328. The number of benzene rings is 2. The average Bonchev–Trinajstić information content (AvgIpc) is 3.18. The van der Waals surface area contributed by atoms with Crippen LogP contribution in [0.4, 0.5) is 11.5 Å². The SMILES string of the molecule is Cc1ccc(NC(=O)c2cnn3c2NC2=C(C(=O)CCC2)C3c2ccccc2)cc1. The number of nitrogens with one attached hydrogen (secondary N) is 2. The number of hydrogen-bond acceptors (Lipinski definition) is 4. The Labute approximate surface area is 174 Å². The second kappa shape index (κ2) is 7.30. The van der Waals surface area contributed by atoms with Gasteiger partial charge in [-0.3, -0.25) is 9.59 Å². The number of carbonyl (C=O) groups is 2. The summed E-state index contributed by atoms with van der Waals surface area (Å²) in [6.45, 7) is 2.00. The van der Waals surface area contributed by atoms with Crippen molar-refractivity contribution < 1.29 is 9.59 Å². The van der Waals surface area contributed by atoms with Gasteiger partial charge in [0.2, 0.25) is 0 Å². The number of anilines is 2. The highest BCUT2D eigenvalue weighted by atomic mass is 16.1. The third kappa shape index (κ3) is 3.10. The van der Waals surface area contributed by atoms with E-state index in [0.29, 0.717) is 17.8 Å². The molecule has 0 radical (unpaired) electrons. The molecule has 1 amide bonds. The van der Waals surface area contributed by atoms with Gasteiger partial charge in [-0.15, -0.1) is 0 Å². The number of aryl methyl sites for hydroxylation is 1. The second-order valence-corrected chi connectivity index (χ2v) is 7.78. The van der Waals surface area contributed by atoms with E-state index in [-0.39, 0.29) is 17.7 Å². The fraction of sp³-hybridized carbons (Fsp3) is 0.208. The maximum Gasteiger partial charge on any atom is 0.261 e. The lowest BCUT2D eigenvalue weighted by molar-refractivity contribution is -0.116. The summed E-state index contributed by atoms with van der Waals surface area (Å²) in [7, 11) is 0. The zero-order valence-electron chi connectivity index (χ0n) is 16.7. The van der Waals surface area contributed by atoms with Gasteiger partial charge in [0.1, 0.15) is 17.4 Å². The Morgan fingerprint density at radius 1 is 1.10 bits per heavy atom. The standard InChI is InChI=1S/C24H22N4O2/c1-15-10-12-17(13-11-15)26-24(30)18-14-25-28-22(16-6-3-2-4-7-16)21-19(27-23(18)28)8-5-9-20(21)29/h2-4,6-7,10-14,22,27H,5,8-9H2,1H3,(H,26,30). The van der Waals surface area contributed by atoms with Gasteiger partial charge < -0.3 is 10.6 Å². The summed E-state index contributed by atoms with van der Waals surface area (Å²) in [6.07, 6.45) is 3.71. The Kier molecular flexibility index (Phi) is 4.47. The van der Waals surface area contributed by atoms with Crippen LogP contribution in [0.25, 0.3) is 0 Å². The maximum atomic E-state index is 13.0. The monoisotopic (exact) mass is 398 g/mol. The highest BCUT2D eigenvalue weighted by Crippen LogP contribution is 2.41. The Balaban J connectivity index is 1.56. The molecule has 2 N–H and O–H groups in total. The predicted octanol–water partition coefficient (Wildman–Crippen LogP) is 4.47. The zero-order valence-corrected chi connectivity index (χ0v) is 16.7. The van der Waals surface area contributed by atoms with Gasteiger partial charge in [0.05, 0.1) is 6.20 Å². The normalized spacial score (nSPS) is 17.8. The molecule has 1 unspecified atom stereocenters. The van der Waals surface area contributed by atoms with Crippen molar-refractivity contribution in [3.05, 3.63) is 88.8 Å². The van der Waals surface area contributed by atoms with E-state index in [1.807, 2.05) is 61.5 Å². The molecule has 1 aliphatic carbocycles. The van der Waals surface area contributed by atoms with E-state index in [9.17, 15) is 9.59 Å². The zero-order chi connectivity index (χ0) is 20.7. The van der Waals surface area contributed by atoms with E-state index in [1.165, 1.54) is 0 Å². The molecule has 0 bridgehead atoms. The number of aromatic nitrogens is 2. The molecular weight excluding hydrogens is 376 g/mol. The number of ketones is 1. The number of Topliss-reactive ketones (excluding diaryl/α,β-unsaturated/α-hetero) is 1. The molecule has 0 saturated carbocycles. The van der Waals surface area contributed by atoms with Crippen LogP contribution >= 0.6 is 0 Å². The minimum absolute atomic E-state index is 0.143. The third-order valence-corrected chi connectivity index (χ3v) is 5.71. The predicted molar refractivity (Wildman–Crippen MR) is 115 cm³/mol. The Morgan fingerprint density at radius 3 is 2.63 bits per heavy atom. The number of hydrogen-bond donors (Lipinski definition) is 2. The molecule has 2 heterocycles. The van der Waals surface area contributed by atoms with Crippen LogP contribution in [-0.4, -0.2) is 21.5 Å². The number of nitrogens with zero attached hydrogens (tertiary/aromatic N) is 2. The molecule has 150 valence electrons. The fourth-order valence-electron chi connectivity index (χ4n) is 4.20. The van der Waals surface area contributed by atoms with Crippen molar-refractivity contribution >= 4 is 23.2 Å². The van der Waals surface area contributed by atoms with Crippen molar-refractivity contribution in [2.45, 2.75) is 32.2 Å². The van der Waals surface area contributed by atoms with Gasteiger partial charge in [-0.1, -0.05) is 48.0 Å². The van der Waals surface area contributed by atoms with Crippen molar-refractivity contribution in [2.75, 3.05) is 10.6 Å². The largest absolute Gasteiger partial charge is 0.343 e. The lowest BCUT2D eigenvalue weighted by Gasteiger charge is -2.33. The van der Waals surface area contributed by atoms with Crippen LogP contribution in [0.3, 0.4) is 0 Å². The molecule has 0 spiro atoms. The molecule has 30 heavy (non-hydrogen) atoms. The number of rotatable bonds is 3. The molecule has 5 rings (SSSR count). The molecule has 2 aromatic carbocycles. The highest BCUT2D eigenvalue weighted by molar-refractivity contribution is 6.08. The summed E-state index contributed by atoms with van der Waals surface area (Å²) >= 11 is 0. The van der Waals surface area contributed by atoms with E-state index < -0.39 is 0 Å². The van der Waals surface area contributed by atoms with Gasteiger partial charge in [0.25, 0.3) is 5.91 Å². The molecule has 1 atom stereocenters. The van der Waals surface area contributed by atoms with Crippen molar-refractivity contribution in [3.63, 3.8) is 0 Å². The van der Waals surface area contributed by atoms with Gasteiger partial charge in [-0.2, -0.15) is 5.10 Å². The Bertz CT molecular complexity index is 1160. The first-order chi connectivity index (χ1) is 14.6. The van der Waals surface area contributed by atoms with E-state index in [0.717, 1.165) is 40.9 Å². The molecule has 1 aliphatic heterocycles. The van der Waals surface area contributed by atoms with Crippen LogP contribution in [-0.2, 0) is 4.79 Å². The van der Waals surface area contributed by atoms with Gasteiger partial charge in [0, 0.05) is 23.4 Å². The van der Waals surface area contributed by atoms with E-state index in [4.69, 9.17) is 0 Å². The summed E-state index contributed by atoms with van der Waals surface area (Å²) < 4.78 is 1.77. The first-order valence-electron chi connectivity index (χ1n) is 10.2. The summed E-state index contributed by atoms with van der Waals surface area (Å²) in [5, 5.41) is 10.8. The Hall–Kier alpha value is -3.67. The van der Waals surface area contributed by atoms with E-state index >= 15 is 0 Å². The van der Waals surface area contributed by atoms with Crippen molar-refractivity contribution in [1.82, 2.24) is 9.78 Å². The van der Waals surface area contributed by atoms with E-state index in [1.54, 1.807) is 10.9 Å². The lowest BCUT2D eigenvalue weighted by Crippen LogP contribution is -2.32. The molecule has 2 aliphatic rings. The smallest absolute Gasteiger partial charge is 0.261 e. The highest BCUT2D eigenvalue weighted by Gasteiger charge is 2.37. The first-order valence-corrected chi connectivity index (χ1v) is 10.2. The summed E-state index contributed by atoms with van der Waals surface area (Å²) in [5.41, 5.74) is 4.96. The molecule has 6 heteroatoms. The van der Waals surface area contributed by atoms with Gasteiger partial charge in [-0.25, -0.2) is 4.68 Å². The van der Waals surface area contributed by atoms with Gasteiger partial charge in [-0.05, 0) is 37.5 Å². The van der Waals surface area contributed by atoms with Crippen LogP contribution in [0.2, 0.25) is 0 Å². The summed E-state index contributed by atoms with van der Waals surface area (Å²) in [4.78, 5) is 25.8. The number of allylic oxidation sites excluding steroid dienone is 2. The summed E-state index contributed by atoms with van der Waals surface area (Å²) in [5.74, 6) is 0.539. The van der Waals surface area contributed by atoms with Crippen molar-refractivity contribution in [3.8, 4) is 0 Å². The summed E-state index contributed by atoms with van der Waals surface area (Å²) in [6, 6.07) is 17.2. The quantitative estimate of drug-likeness (QED) is 0.683. The molecule has 3 aromatic rings. The molecular formula is C24H22N4O2. The van der Waals surface area contributed by atoms with Crippen LogP contribution in [0.15, 0.2) is 72.1 Å². The maximum absolute atomic E-state index is 13.0. The second-order valence-electron chi connectivity index (χ2n) is 7.78. The van der Waals surface area contributed by atoms with Crippen LogP contribution in [0.1, 0.15) is 46.8 Å². The molecule has 0 fully saturated rings. The lowest BCUT2D eigenvalue weighted by atomic mass is 9.85. The topological polar surface area (TPSA) is 76.0 Å². The minimum Gasteiger partial charge on any atom is -0.343 e. The van der Waals surface area contributed by atoms with Crippen LogP contribution in [0.5, 0.6) is 0 Å². The first kappa shape index (κ1) is 18.4. The third-order valence-electron chi connectivity index (χ3n) is 5.71. The van der Waals surface area contributed by atoms with Crippen molar-refractivity contribution in [1.29, 1.82) is 0 Å². The molecule has 1 aromatic heterocycles. The fourth-order valence-corrected chi connectivity index (χ4v) is 4.20. The van der Waals surface area contributed by atoms with Gasteiger partial charge >= 0.3 is 0 Å². The van der Waals surface area contributed by atoms with Crippen molar-refractivity contribution in [2.24, 2.45) is 0 Å². The molecule has 0 saturated heterocycles. The van der Waals surface area contributed by atoms with Gasteiger partial charge in [0.15, 0.2) is 5.78 Å². The number of fused-ring (bicyclic) bond motifs is 1.